The number of carbonyl (C=O) groups is 2. The number of anilines is 2. The second kappa shape index (κ2) is 6.91. The molecule has 2 aromatic carbocycles. The Labute approximate surface area is 139 Å². The first kappa shape index (κ1) is 15.7. The summed E-state index contributed by atoms with van der Waals surface area (Å²) in [5.41, 5.74) is 2.91. The normalized spacial score (nSPS) is 10.4. The molecule has 120 valence electrons. The molecule has 0 saturated carbocycles. The highest BCUT2D eigenvalue weighted by Gasteiger charge is 2.15. The van der Waals surface area contributed by atoms with E-state index < -0.39 is 11.8 Å². The molecule has 1 heterocycles. The van der Waals surface area contributed by atoms with Crippen molar-refractivity contribution in [3.05, 3.63) is 66.4 Å². The third-order valence-corrected chi connectivity index (χ3v) is 3.71. The van der Waals surface area contributed by atoms with Gasteiger partial charge in [0.25, 0.3) is 0 Å². The molecule has 0 unspecified atom stereocenters. The number of aryl methyl sites for hydroxylation is 1. The molecule has 0 fully saturated rings. The van der Waals surface area contributed by atoms with Crippen molar-refractivity contribution in [3.8, 4) is 0 Å². The molecule has 5 heteroatoms. The van der Waals surface area contributed by atoms with Crippen LogP contribution < -0.4 is 10.6 Å². The minimum absolute atomic E-state index is 0.509. The lowest BCUT2D eigenvalue weighted by molar-refractivity contribution is -0.132. The molecule has 0 aliphatic carbocycles. The lowest BCUT2D eigenvalue weighted by Crippen LogP contribution is -2.29. The third-order valence-electron chi connectivity index (χ3n) is 3.71. The summed E-state index contributed by atoms with van der Waals surface area (Å²) in [6, 6.07) is 16.5. The highest BCUT2D eigenvalue weighted by Crippen LogP contribution is 2.20. The number of nitrogens with one attached hydrogen (secondary N) is 2. The number of para-hydroxylation sites is 1. The summed E-state index contributed by atoms with van der Waals surface area (Å²) in [6.45, 7) is 2.05. The van der Waals surface area contributed by atoms with E-state index >= 15 is 0 Å². The topological polar surface area (TPSA) is 71.1 Å². The Hall–Kier alpha value is -3.21. The standard InChI is InChI=1S/C19H17N3O2/c1-2-13-8-10-15(11-9-13)21-18(23)19(24)22-16-7-3-5-14-6-4-12-20-17(14)16/h3-12H,2H2,1H3,(H,21,23)(H,22,24). The zero-order chi connectivity index (χ0) is 16.9. The number of benzene rings is 2. The van der Waals surface area contributed by atoms with E-state index in [1.807, 2.05) is 30.3 Å². The first-order chi connectivity index (χ1) is 11.7. The van der Waals surface area contributed by atoms with Gasteiger partial charge >= 0.3 is 11.8 Å². The zero-order valence-electron chi connectivity index (χ0n) is 13.2. The van der Waals surface area contributed by atoms with Crippen molar-refractivity contribution in [3.63, 3.8) is 0 Å². The summed E-state index contributed by atoms with van der Waals surface area (Å²) in [7, 11) is 0. The minimum Gasteiger partial charge on any atom is -0.318 e. The van der Waals surface area contributed by atoms with Crippen LogP contribution in [0.1, 0.15) is 12.5 Å². The van der Waals surface area contributed by atoms with Gasteiger partial charge in [-0.1, -0.05) is 37.3 Å². The van der Waals surface area contributed by atoms with Gasteiger partial charge in [-0.15, -0.1) is 0 Å². The number of pyridine rings is 1. The van der Waals surface area contributed by atoms with Crippen molar-refractivity contribution in [1.29, 1.82) is 0 Å². The highest BCUT2D eigenvalue weighted by molar-refractivity contribution is 6.44. The van der Waals surface area contributed by atoms with Crippen LogP contribution in [-0.2, 0) is 16.0 Å². The predicted molar refractivity (Wildman–Crippen MR) is 94.8 cm³/mol. The number of carbonyl (C=O) groups excluding carboxylic acids is 2. The Balaban J connectivity index is 1.72. The van der Waals surface area contributed by atoms with E-state index in [4.69, 9.17) is 0 Å². The maximum absolute atomic E-state index is 12.1. The molecule has 0 spiro atoms. The monoisotopic (exact) mass is 319 g/mol. The van der Waals surface area contributed by atoms with Crippen LogP contribution >= 0.6 is 0 Å². The van der Waals surface area contributed by atoms with Crippen LogP contribution in [0, 0.1) is 0 Å². The van der Waals surface area contributed by atoms with Crippen LogP contribution in [0.2, 0.25) is 0 Å². The van der Waals surface area contributed by atoms with E-state index in [0.29, 0.717) is 16.9 Å². The van der Waals surface area contributed by atoms with Gasteiger partial charge in [0.2, 0.25) is 0 Å². The van der Waals surface area contributed by atoms with Gasteiger partial charge < -0.3 is 10.6 Å². The van der Waals surface area contributed by atoms with Crippen LogP contribution in [0.15, 0.2) is 60.8 Å². The molecule has 1 aromatic heterocycles. The van der Waals surface area contributed by atoms with Crippen molar-refractivity contribution < 1.29 is 9.59 Å². The Bertz CT molecular complexity index is 883. The summed E-state index contributed by atoms with van der Waals surface area (Å²) in [4.78, 5) is 28.4. The van der Waals surface area contributed by atoms with Gasteiger partial charge in [0.05, 0.1) is 11.2 Å². The second-order valence-electron chi connectivity index (χ2n) is 5.34. The minimum atomic E-state index is -0.729. The average molecular weight is 319 g/mol. The van der Waals surface area contributed by atoms with Gasteiger partial charge in [-0.25, -0.2) is 0 Å². The Morgan fingerprint density at radius 1 is 0.917 bits per heavy atom. The number of hydrogen-bond acceptors (Lipinski definition) is 3. The second-order valence-corrected chi connectivity index (χ2v) is 5.34. The van der Waals surface area contributed by atoms with Crippen molar-refractivity contribution in [2.24, 2.45) is 0 Å². The van der Waals surface area contributed by atoms with Crippen LogP contribution in [0.25, 0.3) is 10.9 Å². The Morgan fingerprint density at radius 2 is 1.62 bits per heavy atom. The van der Waals surface area contributed by atoms with Crippen molar-refractivity contribution in [2.75, 3.05) is 10.6 Å². The molecule has 3 rings (SSSR count). The molecule has 2 N–H and O–H groups in total. The fraction of sp³-hybridized carbons (Fsp3) is 0.105. The summed E-state index contributed by atoms with van der Waals surface area (Å²) in [6.07, 6.45) is 2.57. The molecule has 0 aliphatic rings. The Morgan fingerprint density at radius 3 is 2.38 bits per heavy atom. The van der Waals surface area contributed by atoms with E-state index in [9.17, 15) is 9.59 Å². The molecule has 3 aromatic rings. The summed E-state index contributed by atoms with van der Waals surface area (Å²) >= 11 is 0. The van der Waals surface area contributed by atoms with E-state index in [0.717, 1.165) is 11.8 Å². The Kier molecular flexibility index (Phi) is 4.52. The number of amides is 2. The predicted octanol–water partition coefficient (Wildman–Crippen LogP) is 3.37. The van der Waals surface area contributed by atoms with Gasteiger partial charge in [-0.3, -0.25) is 14.6 Å². The van der Waals surface area contributed by atoms with Crippen LogP contribution in [0.4, 0.5) is 11.4 Å². The number of nitrogens with zero attached hydrogens (tertiary/aromatic N) is 1. The van der Waals surface area contributed by atoms with E-state index in [1.165, 1.54) is 5.56 Å². The molecule has 2 amide bonds. The molecule has 0 bridgehead atoms. The number of rotatable bonds is 3. The molecule has 0 atom stereocenters. The van der Waals surface area contributed by atoms with Crippen molar-refractivity contribution in [2.45, 2.75) is 13.3 Å². The fourth-order valence-corrected chi connectivity index (χ4v) is 2.40. The molecule has 5 nitrogen and oxygen atoms in total. The van der Waals surface area contributed by atoms with Crippen LogP contribution in [0.5, 0.6) is 0 Å². The van der Waals surface area contributed by atoms with Gasteiger partial charge in [-0.05, 0) is 36.2 Å². The number of aromatic nitrogens is 1. The fourth-order valence-electron chi connectivity index (χ4n) is 2.40. The zero-order valence-corrected chi connectivity index (χ0v) is 13.2. The summed E-state index contributed by atoms with van der Waals surface area (Å²) in [5, 5.41) is 6.10. The first-order valence-corrected chi connectivity index (χ1v) is 7.72. The van der Waals surface area contributed by atoms with Crippen LogP contribution in [-0.4, -0.2) is 16.8 Å². The van der Waals surface area contributed by atoms with Gasteiger partial charge in [0.1, 0.15) is 0 Å². The van der Waals surface area contributed by atoms with Crippen LogP contribution in [0.3, 0.4) is 0 Å². The molecular weight excluding hydrogens is 302 g/mol. The summed E-state index contributed by atoms with van der Waals surface area (Å²) in [5.74, 6) is -1.44. The average Bonchev–Trinajstić information content (AvgIpc) is 2.62. The molecular formula is C19H17N3O2. The van der Waals surface area contributed by atoms with E-state index in [2.05, 4.69) is 22.5 Å². The quantitative estimate of drug-likeness (QED) is 0.727. The van der Waals surface area contributed by atoms with E-state index in [1.54, 1.807) is 30.5 Å². The largest absolute Gasteiger partial charge is 0.318 e. The molecule has 0 radical (unpaired) electrons. The SMILES string of the molecule is CCc1ccc(NC(=O)C(=O)Nc2cccc3cccnc23)cc1. The van der Waals surface area contributed by atoms with E-state index in [-0.39, 0.29) is 0 Å². The maximum Gasteiger partial charge on any atom is 0.314 e. The third kappa shape index (κ3) is 3.41. The van der Waals surface area contributed by atoms with Gasteiger partial charge in [-0.2, -0.15) is 0 Å². The lowest BCUT2D eigenvalue weighted by atomic mass is 10.1. The molecule has 24 heavy (non-hydrogen) atoms. The van der Waals surface area contributed by atoms with Gasteiger partial charge in [0.15, 0.2) is 0 Å². The number of hydrogen-bond donors (Lipinski definition) is 2. The summed E-state index contributed by atoms with van der Waals surface area (Å²) < 4.78 is 0. The first-order valence-electron chi connectivity index (χ1n) is 7.72. The highest BCUT2D eigenvalue weighted by atomic mass is 16.2. The maximum atomic E-state index is 12.1. The van der Waals surface area contributed by atoms with Crippen molar-refractivity contribution >= 4 is 34.1 Å². The van der Waals surface area contributed by atoms with Gasteiger partial charge in [0, 0.05) is 17.3 Å². The molecule has 0 aliphatic heterocycles. The number of fused-ring (bicyclic) bond motifs is 1. The molecule has 0 saturated heterocycles. The van der Waals surface area contributed by atoms with Crippen molar-refractivity contribution in [1.82, 2.24) is 4.98 Å². The lowest BCUT2D eigenvalue weighted by Gasteiger charge is -2.09. The smallest absolute Gasteiger partial charge is 0.314 e.